The molecular formula is C21H25FN2O3S2. The van der Waals surface area contributed by atoms with E-state index in [2.05, 4.69) is 0 Å². The molecule has 0 bridgehead atoms. The number of carbonyl (C=O) groups excluding carboxylic acids is 1. The van der Waals surface area contributed by atoms with Gasteiger partial charge in [0.05, 0.1) is 10.8 Å². The van der Waals surface area contributed by atoms with Crippen LogP contribution in [0.2, 0.25) is 0 Å². The van der Waals surface area contributed by atoms with Crippen molar-refractivity contribution >= 4 is 27.7 Å². The van der Waals surface area contributed by atoms with Crippen LogP contribution in [0.15, 0.2) is 58.3 Å². The van der Waals surface area contributed by atoms with Crippen LogP contribution in [0, 0.1) is 11.7 Å². The third-order valence-electron chi connectivity index (χ3n) is 5.14. The molecule has 0 spiro atoms. The van der Waals surface area contributed by atoms with Crippen molar-refractivity contribution in [2.75, 3.05) is 26.4 Å². The highest BCUT2D eigenvalue weighted by atomic mass is 32.2. The number of nitrogens with zero attached hydrogens (tertiary/aromatic N) is 2. The smallest absolute Gasteiger partial charge is 0.243 e. The van der Waals surface area contributed by atoms with Gasteiger partial charge < -0.3 is 4.90 Å². The number of hydrogen-bond donors (Lipinski definition) is 0. The highest BCUT2D eigenvalue weighted by molar-refractivity contribution is 7.98. The minimum atomic E-state index is -3.74. The summed E-state index contributed by atoms with van der Waals surface area (Å²) in [5.41, 5.74) is 1.03. The van der Waals surface area contributed by atoms with Crippen LogP contribution >= 0.6 is 11.8 Å². The van der Waals surface area contributed by atoms with Gasteiger partial charge in [0.2, 0.25) is 15.9 Å². The van der Waals surface area contributed by atoms with E-state index in [0.29, 0.717) is 25.9 Å². The van der Waals surface area contributed by atoms with Crippen molar-refractivity contribution in [3.63, 3.8) is 0 Å². The predicted octanol–water partition coefficient (Wildman–Crippen LogP) is 3.61. The molecule has 3 rings (SSSR count). The molecule has 0 aromatic heterocycles. The molecule has 2 aromatic rings. The van der Waals surface area contributed by atoms with Gasteiger partial charge in [-0.2, -0.15) is 4.31 Å². The molecule has 156 valence electrons. The minimum Gasteiger partial charge on any atom is -0.341 e. The summed E-state index contributed by atoms with van der Waals surface area (Å²) in [6.45, 7) is 0.992. The standard InChI is InChI=1S/C21H25FN2O3S2/c1-23(14-16-5-9-19(28-2)10-6-16)21(25)17-4-3-13-24(15-17)29(26,27)20-11-7-18(22)8-12-20/h5-12,17H,3-4,13-15H2,1-2H3. The number of piperidine rings is 1. The number of rotatable bonds is 6. The SMILES string of the molecule is CSc1ccc(CN(C)C(=O)C2CCCN(S(=O)(=O)c3ccc(F)cc3)C2)cc1. The molecule has 1 aliphatic heterocycles. The second-order valence-corrected chi connectivity index (χ2v) is 10.0. The third kappa shape index (κ3) is 5.18. The number of halogens is 1. The molecule has 29 heavy (non-hydrogen) atoms. The van der Waals surface area contributed by atoms with Crippen LogP contribution < -0.4 is 0 Å². The fourth-order valence-electron chi connectivity index (χ4n) is 3.51. The molecule has 1 heterocycles. The Morgan fingerprint density at radius 1 is 1.17 bits per heavy atom. The van der Waals surface area contributed by atoms with Crippen LogP contribution in [0.4, 0.5) is 4.39 Å². The summed E-state index contributed by atoms with van der Waals surface area (Å²) in [4.78, 5) is 15.8. The first kappa shape index (κ1) is 21.8. The molecule has 1 fully saturated rings. The summed E-state index contributed by atoms with van der Waals surface area (Å²) in [6.07, 6.45) is 3.29. The fraction of sp³-hybridized carbons (Fsp3) is 0.381. The Balaban J connectivity index is 1.67. The number of amides is 1. The molecular weight excluding hydrogens is 411 g/mol. The zero-order valence-corrected chi connectivity index (χ0v) is 18.2. The van der Waals surface area contributed by atoms with Crippen LogP contribution in [0.1, 0.15) is 18.4 Å². The van der Waals surface area contributed by atoms with Gasteiger partial charge in [-0.05, 0) is 61.1 Å². The monoisotopic (exact) mass is 436 g/mol. The summed E-state index contributed by atoms with van der Waals surface area (Å²) < 4.78 is 40.2. The van der Waals surface area contributed by atoms with E-state index in [1.54, 1.807) is 23.7 Å². The van der Waals surface area contributed by atoms with Crippen LogP contribution in [0.3, 0.4) is 0 Å². The van der Waals surface area contributed by atoms with Crippen molar-refractivity contribution in [2.24, 2.45) is 5.92 Å². The minimum absolute atomic E-state index is 0.0502. The van der Waals surface area contributed by atoms with Crippen molar-refractivity contribution in [3.8, 4) is 0 Å². The van der Waals surface area contributed by atoms with Gasteiger partial charge in [-0.1, -0.05) is 12.1 Å². The molecule has 0 N–H and O–H groups in total. The molecule has 5 nitrogen and oxygen atoms in total. The van der Waals surface area contributed by atoms with E-state index in [0.717, 1.165) is 22.6 Å². The Bertz CT molecular complexity index is 947. The van der Waals surface area contributed by atoms with Gasteiger partial charge in [-0.25, -0.2) is 12.8 Å². The second-order valence-electron chi connectivity index (χ2n) is 7.20. The number of thioether (sulfide) groups is 1. The Morgan fingerprint density at radius 2 is 1.83 bits per heavy atom. The first-order valence-corrected chi connectivity index (χ1v) is 12.1. The Labute approximate surface area is 175 Å². The molecule has 1 unspecified atom stereocenters. The first-order chi connectivity index (χ1) is 13.8. The molecule has 1 atom stereocenters. The summed E-state index contributed by atoms with van der Waals surface area (Å²) in [5, 5.41) is 0. The largest absolute Gasteiger partial charge is 0.341 e. The lowest BCUT2D eigenvalue weighted by Gasteiger charge is -2.33. The Kier molecular flexibility index (Phi) is 6.97. The molecule has 0 aliphatic carbocycles. The van der Waals surface area contributed by atoms with Crippen LogP contribution in [-0.2, 0) is 21.4 Å². The van der Waals surface area contributed by atoms with Crippen molar-refractivity contribution < 1.29 is 17.6 Å². The van der Waals surface area contributed by atoms with Gasteiger partial charge in [0.25, 0.3) is 0 Å². The molecule has 2 aromatic carbocycles. The first-order valence-electron chi connectivity index (χ1n) is 9.45. The van der Waals surface area contributed by atoms with Crippen LogP contribution in [0.25, 0.3) is 0 Å². The van der Waals surface area contributed by atoms with Crippen molar-refractivity contribution in [2.45, 2.75) is 29.2 Å². The number of hydrogen-bond acceptors (Lipinski definition) is 4. The lowest BCUT2D eigenvalue weighted by Crippen LogP contribution is -2.45. The van der Waals surface area contributed by atoms with E-state index in [1.165, 1.54) is 16.4 Å². The molecule has 1 amide bonds. The van der Waals surface area contributed by atoms with Crippen molar-refractivity contribution in [1.82, 2.24) is 9.21 Å². The summed E-state index contributed by atoms with van der Waals surface area (Å²) >= 11 is 1.66. The Morgan fingerprint density at radius 3 is 2.45 bits per heavy atom. The van der Waals surface area contributed by atoms with E-state index >= 15 is 0 Å². The highest BCUT2D eigenvalue weighted by Crippen LogP contribution is 2.25. The average Bonchev–Trinajstić information content (AvgIpc) is 2.74. The molecule has 1 saturated heterocycles. The van der Waals surface area contributed by atoms with Crippen LogP contribution in [0.5, 0.6) is 0 Å². The van der Waals surface area contributed by atoms with Crippen LogP contribution in [-0.4, -0.2) is 49.9 Å². The zero-order valence-electron chi connectivity index (χ0n) is 16.5. The third-order valence-corrected chi connectivity index (χ3v) is 7.76. The lowest BCUT2D eigenvalue weighted by molar-refractivity contribution is -0.135. The van der Waals surface area contributed by atoms with E-state index in [1.807, 2.05) is 30.5 Å². The quantitative estimate of drug-likeness (QED) is 0.649. The van der Waals surface area contributed by atoms with E-state index in [4.69, 9.17) is 0 Å². The topological polar surface area (TPSA) is 57.7 Å². The predicted molar refractivity (Wildman–Crippen MR) is 113 cm³/mol. The maximum Gasteiger partial charge on any atom is 0.243 e. The van der Waals surface area contributed by atoms with E-state index in [9.17, 15) is 17.6 Å². The summed E-state index contributed by atoms with van der Waals surface area (Å²) in [5.74, 6) is -0.921. The maximum atomic E-state index is 13.1. The number of carbonyl (C=O) groups is 1. The average molecular weight is 437 g/mol. The summed E-state index contributed by atoms with van der Waals surface area (Å²) in [6, 6.07) is 12.8. The van der Waals surface area contributed by atoms with Gasteiger partial charge in [-0.15, -0.1) is 11.8 Å². The second kappa shape index (κ2) is 9.28. The molecule has 0 saturated carbocycles. The van der Waals surface area contributed by atoms with Gasteiger partial charge in [0.1, 0.15) is 5.82 Å². The summed E-state index contributed by atoms with van der Waals surface area (Å²) in [7, 11) is -2.00. The van der Waals surface area contributed by atoms with Gasteiger partial charge in [-0.3, -0.25) is 4.79 Å². The van der Waals surface area contributed by atoms with E-state index < -0.39 is 15.8 Å². The molecule has 8 heteroatoms. The lowest BCUT2D eigenvalue weighted by atomic mass is 9.98. The van der Waals surface area contributed by atoms with E-state index in [-0.39, 0.29) is 23.3 Å². The van der Waals surface area contributed by atoms with Gasteiger partial charge in [0, 0.05) is 31.6 Å². The number of sulfonamides is 1. The zero-order chi connectivity index (χ0) is 21.0. The fourth-order valence-corrected chi connectivity index (χ4v) is 5.44. The molecule has 0 radical (unpaired) electrons. The maximum absolute atomic E-state index is 13.1. The van der Waals surface area contributed by atoms with Gasteiger partial charge in [0.15, 0.2) is 0 Å². The normalized spacial score (nSPS) is 17.8. The highest BCUT2D eigenvalue weighted by Gasteiger charge is 2.34. The van der Waals surface area contributed by atoms with Gasteiger partial charge >= 0.3 is 0 Å². The number of benzene rings is 2. The van der Waals surface area contributed by atoms with Crippen molar-refractivity contribution in [1.29, 1.82) is 0 Å². The Hall–Kier alpha value is -1.90. The molecule has 1 aliphatic rings. The van der Waals surface area contributed by atoms with Crippen molar-refractivity contribution in [3.05, 3.63) is 59.9 Å².